The molecule has 2 aliphatic heterocycles. The summed E-state index contributed by atoms with van der Waals surface area (Å²) in [7, 11) is 1.54. The average Bonchev–Trinajstić information content (AvgIpc) is 3.03. The number of benzene rings is 2. The van der Waals surface area contributed by atoms with E-state index in [1.165, 1.54) is 17.0 Å². The molecular weight excluding hydrogens is 387 g/mol. The number of ether oxygens (including phenoxy) is 2. The van der Waals surface area contributed by atoms with Crippen molar-refractivity contribution in [1.29, 1.82) is 0 Å². The number of nitrogens with zero attached hydrogens (tertiary/aromatic N) is 2. The molecular formula is C23H23FN2O4. The lowest BCUT2D eigenvalue weighted by molar-refractivity contribution is -0.137. The molecule has 2 aliphatic rings. The van der Waals surface area contributed by atoms with Gasteiger partial charge in [-0.05, 0) is 30.2 Å². The zero-order valence-corrected chi connectivity index (χ0v) is 16.8. The number of methoxy groups -OCH3 is 1. The third-order valence-corrected chi connectivity index (χ3v) is 5.38. The fraction of sp³-hybridized carbons (Fsp3) is 0.304. The molecule has 0 bridgehead atoms. The number of rotatable bonds is 6. The number of carbonyl (C=O) groups excluding carboxylic acids is 2. The first-order chi connectivity index (χ1) is 14.6. The third kappa shape index (κ3) is 3.80. The van der Waals surface area contributed by atoms with Crippen LogP contribution >= 0.6 is 0 Å². The van der Waals surface area contributed by atoms with Gasteiger partial charge in [0.25, 0.3) is 11.8 Å². The Kier molecular flexibility index (Phi) is 5.81. The lowest BCUT2D eigenvalue weighted by Gasteiger charge is -2.29. The Morgan fingerprint density at radius 1 is 1.00 bits per heavy atom. The van der Waals surface area contributed by atoms with E-state index in [-0.39, 0.29) is 24.2 Å². The molecule has 0 radical (unpaired) electrons. The second-order valence-electron chi connectivity index (χ2n) is 7.16. The molecule has 0 saturated carbocycles. The van der Waals surface area contributed by atoms with Crippen molar-refractivity contribution in [3.05, 3.63) is 71.2 Å². The molecule has 1 saturated heterocycles. The van der Waals surface area contributed by atoms with Crippen molar-refractivity contribution in [2.45, 2.75) is 6.42 Å². The first kappa shape index (κ1) is 20.1. The maximum Gasteiger partial charge on any atom is 0.277 e. The molecule has 7 heteroatoms. The van der Waals surface area contributed by atoms with Crippen LogP contribution in [0.3, 0.4) is 0 Å². The molecule has 6 nitrogen and oxygen atoms in total. The van der Waals surface area contributed by atoms with Gasteiger partial charge in [-0.3, -0.25) is 14.5 Å². The topological polar surface area (TPSA) is 59.1 Å². The molecule has 0 aliphatic carbocycles. The highest BCUT2D eigenvalue weighted by Crippen LogP contribution is 2.36. The Morgan fingerprint density at radius 3 is 2.40 bits per heavy atom. The lowest BCUT2D eigenvalue weighted by Crippen LogP contribution is -2.40. The largest absolute Gasteiger partial charge is 0.496 e. The summed E-state index contributed by atoms with van der Waals surface area (Å²) < 4.78 is 24.0. The number of imide groups is 1. The van der Waals surface area contributed by atoms with E-state index < -0.39 is 0 Å². The number of halogens is 1. The SMILES string of the molecule is COc1ccccc1C1=C(N2CCOCC2)C(=O)N(CCc2ccc(F)cc2)C1=O. The minimum absolute atomic E-state index is 0.218. The molecule has 0 aromatic heterocycles. The molecule has 2 aromatic rings. The van der Waals surface area contributed by atoms with Gasteiger partial charge in [-0.15, -0.1) is 0 Å². The van der Waals surface area contributed by atoms with Crippen molar-refractivity contribution in [2.75, 3.05) is 40.0 Å². The summed E-state index contributed by atoms with van der Waals surface area (Å²) in [5.74, 6) is -0.431. The van der Waals surface area contributed by atoms with Crippen molar-refractivity contribution in [3.63, 3.8) is 0 Å². The maximum absolute atomic E-state index is 13.4. The van der Waals surface area contributed by atoms with Gasteiger partial charge in [-0.2, -0.15) is 0 Å². The molecule has 2 heterocycles. The van der Waals surface area contributed by atoms with E-state index in [1.54, 1.807) is 31.4 Å². The quantitative estimate of drug-likeness (QED) is 0.685. The second-order valence-corrected chi connectivity index (χ2v) is 7.16. The predicted molar refractivity (Wildman–Crippen MR) is 109 cm³/mol. The molecule has 1 fully saturated rings. The lowest BCUT2D eigenvalue weighted by atomic mass is 10.0. The molecule has 0 unspecified atom stereocenters. The van der Waals surface area contributed by atoms with Gasteiger partial charge >= 0.3 is 0 Å². The third-order valence-electron chi connectivity index (χ3n) is 5.38. The van der Waals surface area contributed by atoms with Gasteiger partial charge in [0.15, 0.2) is 0 Å². The van der Waals surface area contributed by atoms with Crippen molar-refractivity contribution >= 4 is 17.4 Å². The number of hydrogen-bond donors (Lipinski definition) is 0. The van der Waals surface area contributed by atoms with Crippen LogP contribution in [0.15, 0.2) is 54.2 Å². The van der Waals surface area contributed by atoms with Crippen LogP contribution in [-0.4, -0.2) is 61.6 Å². The zero-order chi connectivity index (χ0) is 21.1. The summed E-state index contributed by atoms with van der Waals surface area (Å²) in [5.41, 5.74) is 2.21. The minimum Gasteiger partial charge on any atom is -0.496 e. The Balaban J connectivity index is 1.67. The van der Waals surface area contributed by atoms with Gasteiger partial charge in [-0.25, -0.2) is 4.39 Å². The Bertz CT molecular complexity index is 981. The smallest absolute Gasteiger partial charge is 0.277 e. The van der Waals surface area contributed by atoms with Crippen molar-refractivity contribution in [1.82, 2.24) is 9.80 Å². The first-order valence-corrected chi connectivity index (χ1v) is 9.91. The van der Waals surface area contributed by atoms with Gasteiger partial charge < -0.3 is 14.4 Å². The van der Waals surface area contributed by atoms with Crippen LogP contribution in [-0.2, 0) is 20.7 Å². The first-order valence-electron chi connectivity index (χ1n) is 9.91. The molecule has 0 spiro atoms. The number of hydrogen-bond acceptors (Lipinski definition) is 5. The van der Waals surface area contributed by atoms with Gasteiger partial charge in [-0.1, -0.05) is 30.3 Å². The number of amides is 2. The van der Waals surface area contributed by atoms with Crippen LogP contribution in [0.4, 0.5) is 4.39 Å². The maximum atomic E-state index is 13.4. The summed E-state index contributed by atoms with van der Waals surface area (Å²) in [6.45, 7) is 2.30. The van der Waals surface area contributed by atoms with Crippen LogP contribution in [0.1, 0.15) is 11.1 Å². The number of morpholine rings is 1. The Morgan fingerprint density at radius 2 is 1.70 bits per heavy atom. The molecule has 0 atom stereocenters. The molecule has 2 amide bonds. The van der Waals surface area contributed by atoms with E-state index in [4.69, 9.17) is 9.47 Å². The van der Waals surface area contributed by atoms with Gasteiger partial charge in [0.05, 0.1) is 25.9 Å². The molecule has 2 aromatic carbocycles. The molecule has 4 rings (SSSR count). The monoisotopic (exact) mass is 410 g/mol. The highest BCUT2D eigenvalue weighted by Gasteiger charge is 2.42. The van der Waals surface area contributed by atoms with Crippen LogP contribution < -0.4 is 4.74 Å². The zero-order valence-electron chi connectivity index (χ0n) is 16.8. The van der Waals surface area contributed by atoms with Crippen LogP contribution in [0.5, 0.6) is 5.75 Å². The summed E-state index contributed by atoms with van der Waals surface area (Å²) in [5, 5.41) is 0. The van der Waals surface area contributed by atoms with E-state index in [9.17, 15) is 14.0 Å². The summed E-state index contributed by atoms with van der Waals surface area (Å²) in [6.07, 6.45) is 0.452. The van der Waals surface area contributed by atoms with Crippen molar-refractivity contribution in [3.8, 4) is 5.75 Å². The van der Waals surface area contributed by atoms with Gasteiger partial charge in [0.1, 0.15) is 17.3 Å². The summed E-state index contributed by atoms with van der Waals surface area (Å²) in [4.78, 5) is 29.9. The van der Waals surface area contributed by atoms with E-state index >= 15 is 0 Å². The number of carbonyl (C=O) groups is 2. The number of para-hydroxylation sites is 1. The van der Waals surface area contributed by atoms with E-state index in [2.05, 4.69) is 0 Å². The predicted octanol–water partition coefficient (Wildman–Crippen LogP) is 2.49. The van der Waals surface area contributed by atoms with Crippen LogP contribution in [0, 0.1) is 5.82 Å². The summed E-state index contributed by atoms with van der Waals surface area (Å²) >= 11 is 0. The fourth-order valence-corrected chi connectivity index (χ4v) is 3.83. The van der Waals surface area contributed by atoms with Gasteiger partial charge in [0, 0.05) is 25.2 Å². The van der Waals surface area contributed by atoms with Crippen LogP contribution in [0.25, 0.3) is 5.57 Å². The van der Waals surface area contributed by atoms with Crippen molar-refractivity contribution in [2.24, 2.45) is 0 Å². The standard InChI is InChI=1S/C23H23FN2O4/c1-29-19-5-3-2-4-18(19)20-21(25-12-14-30-15-13-25)23(28)26(22(20)27)11-10-16-6-8-17(24)9-7-16/h2-9H,10-15H2,1H3. The van der Waals surface area contributed by atoms with E-state index in [1.807, 2.05) is 17.0 Å². The van der Waals surface area contributed by atoms with Crippen LogP contribution in [0.2, 0.25) is 0 Å². The normalized spacial score (nSPS) is 17.1. The Labute approximate surface area is 174 Å². The summed E-state index contributed by atoms with van der Waals surface area (Å²) in [6, 6.07) is 13.3. The second kappa shape index (κ2) is 8.67. The molecule has 0 N–H and O–H groups in total. The molecule has 156 valence electrons. The van der Waals surface area contributed by atoms with Crippen molar-refractivity contribution < 1.29 is 23.5 Å². The van der Waals surface area contributed by atoms with E-state index in [0.717, 1.165) is 5.56 Å². The fourth-order valence-electron chi connectivity index (χ4n) is 3.83. The van der Waals surface area contributed by atoms with Gasteiger partial charge in [0.2, 0.25) is 0 Å². The minimum atomic E-state index is -0.340. The average molecular weight is 410 g/mol. The Hall–Kier alpha value is -3.19. The van der Waals surface area contributed by atoms with E-state index in [0.29, 0.717) is 55.3 Å². The molecule has 30 heavy (non-hydrogen) atoms. The highest BCUT2D eigenvalue weighted by atomic mass is 19.1. The highest BCUT2D eigenvalue weighted by molar-refractivity contribution is 6.36.